The fourth-order valence-corrected chi connectivity index (χ4v) is 8.27. The molecule has 246 valence electrons. The van der Waals surface area contributed by atoms with Gasteiger partial charge in [0.05, 0.1) is 22.1 Å². The molecule has 0 atom stereocenters. The first-order valence-electron chi connectivity index (χ1n) is 18.0. The van der Waals surface area contributed by atoms with Crippen LogP contribution in [0.1, 0.15) is 11.1 Å². The SMILES string of the molecule is Cc1cc(-n2c3ccccc3c3ccc(-c4ccc5c(c4)c4ccccc4n5-c4ccccc4)cc32)c(C)cc1-c1cccc(-c2ccccc2)c1. The molecule has 0 aliphatic rings. The Kier molecular flexibility index (Phi) is 6.97. The normalized spacial score (nSPS) is 11.7. The average Bonchev–Trinajstić information content (AvgIpc) is 3.71. The van der Waals surface area contributed by atoms with Crippen LogP contribution >= 0.6 is 0 Å². The van der Waals surface area contributed by atoms with E-state index in [0.717, 1.165) is 0 Å². The van der Waals surface area contributed by atoms with Gasteiger partial charge in [-0.25, -0.2) is 0 Å². The third kappa shape index (κ3) is 4.80. The highest BCUT2D eigenvalue weighted by Crippen LogP contribution is 2.40. The number of hydrogen-bond donors (Lipinski definition) is 0. The van der Waals surface area contributed by atoms with Gasteiger partial charge < -0.3 is 9.13 Å². The van der Waals surface area contributed by atoms with E-state index in [0.29, 0.717) is 0 Å². The summed E-state index contributed by atoms with van der Waals surface area (Å²) in [6.45, 7) is 4.49. The Morgan fingerprint density at radius 2 is 0.865 bits per heavy atom. The van der Waals surface area contributed by atoms with Gasteiger partial charge in [-0.2, -0.15) is 0 Å². The number of hydrogen-bond acceptors (Lipinski definition) is 0. The van der Waals surface area contributed by atoms with E-state index in [1.54, 1.807) is 0 Å². The van der Waals surface area contributed by atoms with E-state index in [9.17, 15) is 0 Å². The molecule has 0 unspecified atom stereocenters. The number of nitrogens with zero attached hydrogens (tertiary/aromatic N) is 2. The van der Waals surface area contributed by atoms with E-state index in [1.165, 1.54) is 99.5 Å². The van der Waals surface area contributed by atoms with Gasteiger partial charge in [-0.05, 0) is 119 Å². The first-order chi connectivity index (χ1) is 25.6. The summed E-state index contributed by atoms with van der Waals surface area (Å²) < 4.78 is 4.85. The summed E-state index contributed by atoms with van der Waals surface area (Å²) in [7, 11) is 0. The summed E-state index contributed by atoms with van der Waals surface area (Å²) in [4.78, 5) is 0. The molecule has 10 rings (SSSR count). The lowest BCUT2D eigenvalue weighted by Gasteiger charge is -2.16. The maximum absolute atomic E-state index is 2.47. The Bertz CT molecular complexity index is 2960. The molecule has 0 saturated heterocycles. The summed E-state index contributed by atoms with van der Waals surface area (Å²) in [5.74, 6) is 0. The van der Waals surface area contributed by atoms with Gasteiger partial charge in [-0.15, -0.1) is 0 Å². The van der Waals surface area contributed by atoms with Gasteiger partial charge in [0.15, 0.2) is 0 Å². The summed E-state index contributed by atoms with van der Waals surface area (Å²) in [6, 6.07) is 66.5. The predicted molar refractivity (Wildman–Crippen MR) is 221 cm³/mol. The van der Waals surface area contributed by atoms with Gasteiger partial charge in [-0.1, -0.05) is 121 Å². The average molecular weight is 665 g/mol. The molecular formula is C50H36N2. The molecule has 2 heteroatoms. The molecule has 0 saturated carbocycles. The van der Waals surface area contributed by atoms with Crippen molar-refractivity contribution in [2.75, 3.05) is 0 Å². The second-order valence-corrected chi connectivity index (χ2v) is 13.9. The van der Waals surface area contributed by atoms with Gasteiger partial charge in [0.1, 0.15) is 0 Å². The minimum Gasteiger partial charge on any atom is -0.309 e. The number of rotatable bonds is 5. The number of para-hydroxylation sites is 3. The summed E-state index contributed by atoms with van der Waals surface area (Å²) in [6.07, 6.45) is 0. The first kappa shape index (κ1) is 30.2. The molecule has 2 aromatic heterocycles. The lowest BCUT2D eigenvalue weighted by Crippen LogP contribution is -1.99. The molecule has 52 heavy (non-hydrogen) atoms. The molecule has 0 N–H and O–H groups in total. The monoisotopic (exact) mass is 664 g/mol. The van der Waals surface area contributed by atoms with Crippen LogP contribution in [-0.2, 0) is 0 Å². The van der Waals surface area contributed by atoms with Crippen molar-refractivity contribution in [3.63, 3.8) is 0 Å². The van der Waals surface area contributed by atoms with Gasteiger partial charge in [0.2, 0.25) is 0 Å². The number of fused-ring (bicyclic) bond motifs is 6. The maximum atomic E-state index is 2.47. The largest absolute Gasteiger partial charge is 0.309 e. The highest BCUT2D eigenvalue weighted by Gasteiger charge is 2.18. The Labute approximate surface area is 303 Å². The number of aromatic nitrogens is 2. The van der Waals surface area contributed by atoms with Crippen LogP contribution in [0.15, 0.2) is 182 Å². The minimum atomic E-state index is 1.17. The summed E-state index contributed by atoms with van der Waals surface area (Å²) >= 11 is 0. The first-order valence-corrected chi connectivity index (χ1v) is 18.0. The zero-order valence-electron chi connectivity index (χ0n) is 29.2. The second-order valence-electron chi connectivity index (χ2n) is 13.9. The van der Waals surface area contributed by atoms with Crippen LogP contribution in [-0.4, -0.2) is 9.13 Å². The van der Waals surface area contributed by atoms with E-state index in [4.69, 9.17) is 0 Å². The fourth-order valence-electron chi connectivity index (χ4n) is 8.27. The molecule has 0 amide bonds. The van der Waals surface area contributed by atoms with Crippen molar-refractivity contribution in [3.8, 4) is 44.8 Å². The van der Waals surface area contributed by atoms with Crippen molar-refractivity contribution >= 4 is 43.6 Å². The van der Waals surface area contributed by atoms with Crippen LogP contribution in [0, 0.1) is 13.8 Å². The smallest absolute Gasteiger partial charge is 0.0547 e. The molecule has 8 aromatic carbocycles. The van der Waals surface area contributed by atoms with Gasteiger partial charge in [0.25, 0.3) is 0 Å². The van der Waals surface area contributed by atoms with Crippen LogP contribution in [0.25, 0.3) is 88.4 Å². The fraction of sp³-hybridized carbons (Fsp3) is 0.0400. The molecule has 2 heterocycles. The topological polar surface area (TPSA) is 9.86 Å². The minimum absolute atomic E-state index is 1.17. The molecule has 0 fully saturated rings. The van der Waals surface area contributed by atoms with Crippen molar-refractivity contribution in [2.45, 2.75) is 13.8 Å². The van der Waals surface area contributed by atoms with Gasteiger partial charge in [-0.3, -0.25) is 0 Å². The number of aryl methyl sites for hydroxylation is 2. The lowest BCUT2D eigenvalue weighted by molar-refractivity contribution is 1.14. The lowest BCUT2D eigenvalue weighted by atomic mass is 9.94. The maximum Gasteiger partial charge on any atom is 0.0547 e. The van der Waals surface area contributed by atoms with E-state index < -0.39 is 0 Å². The molecule has 0 radical (unpaired) electrons. The quantitative estimate of drug-likeness (QED) is 0.173. The predicted octanol–water partition coefficient (Wildman–Crippen LogP) is 13.5. The zero-order valence-corrected chi connectivity index (χ0v) is 29.2. The van der Waals surface area contributed by atoms with E-state index in [2.05, 4.69) is 205 Å². The van der Waals surface area contributed by atoms with Crippen molar-refractivity contribution in [3.05, 3.63) is 193 Å². The Balaban J connectivity index is 1.13. The molecule has 2 nitrogen and oxygen atoms in total. The van der Waals surface area contributed by atoms with E-state index in [-0.39, 0.29) is 0 Å². The molecule has 0 bridgehead atoms. The van der Waals surface area contributed by atoms with Crippen LogP contribution < -0.4 is 0 Å². The van der Waals surface area contributed by atoms with Crippen molar-refractivity contribution < 1.29 is 0 Å². The standard InChI is InChI=1S/C50H36N2/c1-33-29-49(34(2)28-44(33)39-17-13-16-36(30-39)35-14-5-3-6-15-35)52-47-23-12-9-20-41(47)43-26-24-38(32-50(43)52)37-25-27-48-45(31-37)42-21-10-11-22-46(42)51(48)40-18-7-4-8-19-40/h3-32H,1-2H3. The van der Waals surface area contributed by atoms with Crippen LogP contribution in [0.2, 0.25) is 0 Å². The van der Waals surface area contributed by atoms with Crippen LogP contribution in [0.4, 0.5) is 0 Å². The highest BCUT2D eigenvalue weighted by molar-refractivity contribution is 6.12. The number of benzene rings is 8. The Morgan fingerprint density at radius 1 is 0.308 bits per heavy atom. The molecular weight excluding hydrogens is 629 g/mol. The van der Waals surface area contributed by atoms with E-state index in [1.807, 2.05) is 0 Å². The molecule has 0 spiro atoms. The second kappa shape index (κ2) is 12.0. The third-order valence-electron chi connectivity index (χ3n) is 10.8. The Hall–Kier alpha value is -6.64. The summed E-state index contributed by atoms with van der Waals surface area (Å²) in [5, 5.41) is 5.05. The van der Waals surface area contributed by atoms with Crippen LogP contribution in [0.5, 0.6) is 0 Å². The molecule has 0 aliphatic heterocycles. The third-order valence-corrected chi connectivity index (χ3v) is 10.8. The summed E-state index contributed by atoms with van der Waals surface area (Å²) in [5.41, 5.74) is 17.1. The molecule has 10 aromatic rings. The zero-order chi connectivity index (χ0) is 34.8. The highest BCUT2D eigenvalue weighted by atomic mass is 15.0. The van der Waals surface area contributed by atoms with Crippen molar-refractivity contribution in [1.29, 1.82) is 0 Å². The van der Waals surface area contributed by atoms with E-state index >= 15 is 0 Å². The van der Waals surface area contributed by atoms with Crippen molar-refractivity contribution in [2.24, 2.45) is 0 Å². The van der Waals surface area contributed by atoms with Crippen LogP contribution in [0.3, 0.4) is 0 Å². The van der Waals surface area contributed by atoms with Crippen molar-refractivity contribution in [1.82, 2.24) is 9.13 Å². The van der Waals surface area contributed by atoms with Gasteiger partial charge in [0, 0.05) is 32.9 Å². The Morgan fingerprint density at radius 3 is 1.65 bits per heavy atom. The molecule has 0 aliphatic carbocycles. The van der Waals surface area contributed by atoms with Gasteiger partial charge >= 0.3 is 0 Å².